The van der Waals surface area contributed by atoms with Gasteiger partial charge in [-0.2, -0.15) is 0 Å². The van der Waals surface area contributed by atoms with Gasteiger partial charge in [0.2, 0.25) is 0 Å². The predicted octanol–water partition coefficient (Wildman–Crippen LogP) is 9.09. The number of carboxylic acids is 2. The molecule has 198 valence electrons. The Morgan fingerprint density at radius 1 is 0.455 bits per heavy atom. The average molecular weight is 577 g/mol. The maximum atomic E-state index is 10.2. The molecule has 0 amide bonds. The molecule has 0 aromatic heterocycles. The molecule has 0 aromatic carbocycles. The van der Waals surface area contributed by atoms with Gasteiger partial charge in [-0.1, -0.05) is 117 Å². The Bertz CT molecular complexity index is 341. The number of hydrogen-bond donors (Lipinski definition) is 2. The van der Waals surface area contributed by atoms with Crippen molar-refractivity contribution in [1.29, 1.82) is 0 Å². The van der Waals surface area contributed by atoms with Gasteiger partial charge in [0.05, 0.1) is 0 Å². The SMILES string of the molecule is CCCCCCCCCCCC(=O)O.CCCCCCCCCCCC(=O)O.CCC[CH2][SnH]. The Labute approximate surface area is 220 Å². The zero-order valence-corrected chi connectivity index (χ0v) is 25.8. The zero-order valence-electron chi connectivity index (χ0n) is 22.6. The van der Waals surface area contributed by atoms with Crippen LogP contribution in [0.15, 0.2) is 0 Å². The third kappa shape index (κ3) is 49.8. The van der Waals surface area contributed by atoms with Crippen LogP contribution in [0.1, 0.15) is 162 Å². The summed E-state index contributed by atoms with van der Waals surface area (Å²) in [6.07, 6.45) is 25.8. The normalized spacial score (nSPS) is 10.1. The molecule has 4 nitrogen and oxygen atoms in total. The van der Waals surface area contributed by atoms with Crippen molar-refractivity contribution in [2.45, 2.75) is 166 Å². The van der Waals surface area contributed by atoms with Crippen LogP contribution in [-0.2, 0) is 9.59 Å². The van der Waals surface area contributed by atoms with Gasteiger partial charge < -0.3 is 10.2 Å². The molecule has 0 fully saturated rings. The second-order valence-corrected chi connectivity index (χ2v) is 10.7. The molecule has 0 aliphatic carbocycles. The fourth-order valence-electron chi connectivity index (χ4n) is 3.38. The second-order valence-electron chi connectivity index (χ2n) is 9.09. The third-order valence-corrected chi connectivity index (χ3v) is 6.71. The number of unbranched alkanes of at least 4 members (excludes halogenated alkanes) is 17. The molecule has 0 aliphatic heterocycles. The van der Waals surface area contributed by atoms with Gasteiger partial charge in [0.25, 0.3) is 0 Å². The molecule has 0 saturated heterocycles. The Morgan fingerprint density at radius 2 is 0.697 bits per heavy atom. The summed E-state index contributed by atoms with van der Waals surface area (Å²) < 4.78 is 1.47. The molecule has 0 spiro atoms. The summed E-state index contributed by atoms with van der Waals surface area (Å²) in [5, 5.41) is 16.8. The Kier molecular flexibility index (Phi) is 41.0. The predicted molar refractivity (Wildman–Crippen MR) is 146 cm³/mol. The minimum absolute atomic E-state index is 0.343. The van der Waals surface area contributed by atoms with Crippen LogP contribution in [0.3, 0.4) is 0 Å². The molecule has 0 rings (SSSR count). The monoisotopic (exact) mass is 578 g/mol. The van der Waals surface area contributed by atoms with Crippen molar-refractivity contribution in [2.24, 2.45) is 0 Å². The fraction of sp³-hybridized carbons (Fsp3) is 0.929. The van der Waals surface area contributed by atoms with Gasteiger partial charge in [0, 0.05) is 12.8 Å². The van der Waals surface area contributed by atoms with Crippen LogP contribution in [0, 0.1) is 0 Å². The molecule has 2 N–H and O–H groups in total. The summed E-state index contributed by atoms with van der Waals surface area (Å²) in [6, 6.07) is 0. The molecule has 2 radical (unpaired) electrons. The van der Waals surface area contributed by atoms with Crippen molar-refractivity contribution in [3.8, 4) is 0 Å². The molecule has 33 heavy (non-hydrogen) atoms. The average Bonchev–Trinajstić information content (AvgIpc) is 2.78. The van der Waals surface area contributed by atoms with Gasteiger partial charge in [-0.3, -0.25) is 9.59 Å². The molecule has 0 saturated carbocycles. The van der Waals surface area contributed by atoms with Crippen LogP contribution < -0.4 is 0 Å². The molecule has 0 bridgehead atoms. The molecule has 0 unspecified atom stereocenters. The molecule has 0 atom stereocenters. The number of carbonyl (C=O) groups is 2. The zero-order chi connectivity index (χ0) is 25.4. The first kappa shape index (κ1) is 37.3. The van der Waals surface area contributed by atoms with E-state index in [0.717, 1.165) is 25.7 Å². The van der Waals surface area contributed by atoms with Crippen molar-refractivity contribution in [3.63, 3.8) is 0 Å². The van der Waals surface area contributed by atoms with Gasteiger partial charge in [-0.15, -0.1) is 0 Å². The Hall–Kier alpha value is -0.261. The third-order valence-electron chi connectivity index (χ3n) is 5.55. The van der Waals surface area contributed by atoms with Gasteiger partial charge in [0.15, 0.2) is 0 Å². The van der Waals surface area contributed by atoms with E-state index in [2.05, 4.69) is 20.8 Å². The van der Waals surface area contributed by atoms with Crippen molar-refractivity contribution < 1.29 is 19.8 Å². The first-order valence-electron chi connectivity index (χ1n) is 14.1. The van der Waals surface area contributed by atoms with E-state index in [1.165, 1.54) is 130 Å². The van der Waals surface area contributed by atoms with Crippen LogP contribution in [0.5, 0.6) is 0 Å². The van der Waals surface area contributed by atoms with E-state index >= 15 is 0 Å². The van der Waals surface area contributed by atoms with Crippen molar-refractivity contribution in [3.05, 3.63) is 0 Å². The molecule has 0 heterocycles. The van der Waals surface area contributed by atoms with Crippen LogP contribution >= 0.6 is 0 Å². The van der Waals surface area contributed by atoms with E-state index in [9.17, 15) is 9.59 Å². The Balaban J connectivity index is -0.000000453. The standard InChI is InChI=1S/2C12H24O2.C4H9.Sn.H/c2*1-2-3-4-5-6-7-8-9-10-11-12(13)14;1-3-4-2;;/h2*2-11H2,1H3,(H,13,14);1,3-4H2,2H3;;. The topological polar surface area (TPSA) is 74.6 Å². The van der Waals surface area contributed by atoms with E-state index in [0.29, 0.717) is 12.8 Å². The van der Waals surface area contributed by atoms with Crippen molar-refractivity contribution in [1.82, 2.24) is 0 Å². The van der Waals surface area contributed by atoms with Crippen LogP contribution in [0.25, 0.3) is 0 Å². The van der Waals surface area contributed by atoms with E-state index in [-0.39, 0.29) is 0 Å². The van der Waals surface area contributed by atoms with Crippen LogP contribution in [-0.4, -0.2) is 44.7 Å². The van der Waals surface area contributed by atoms with Gasteiger partial charge in [-0.25, -0.2) is 0 Å². The molecular formula is C28H58O4Sn. The Morgan fingerprint density at radius 3 is 0.879 bits per heavy atom. The van der Waals surface area contributed by atoms with Crippen molar-refractivity contribution >= 4 is 34.5 Å². The maximum absolute atomic E-state index is 10.2. The summed E-state index contributed by atoms with van der Waals surface area (Å²) in [7, 11) is 0. The summed E-state index contributed by atoms with van der Waals surface area (Å²) in [5.74, 6) is -1.32. The van der Waals surface area contributed by atoms with E-state index in [1.54, 1.807) is 0 Å². The summed E-state index contributed by atoms with van der Waals surface area (Å²) in [4.78, 5) is 20.4. The fourth-order valence-corrected chi connectivity index (χ4v) is 4.54. The number of hydrogen-bond acceptors (Lipinski definition) is 2. The van der Waals surface area contributed by atoms with E-state index in [4.69, 9.17) is 10.2 Å². The minimum atomic E-state index is -0.659. The summed E-state index contributed by atoms with van der Waals surface area (Å²) in [5.41, 5.74) is 0. The molecular weight excluding hydrogens is 519 g/mol. The van der Waals surface area contributed by atoms with E-state index < -0.39 is 11.9 Å². The summed E-state index contributed by atoms with van der Waals surface area (Å²) in [6.45, 7) is 6.69. The van der Waals surface area contributed by atoms with Gasteiger partial charge in [-0.05, 0) is 12.8 Å². The van der Waals surface area contributed by atoms with Crippen molar-refractivity contribution in [2.75, 3.05) is 0 Å². The molecule has 5 heteroatoms. The summed E-state index contributed by atoms with van der Waals surface area (Å²) >= 11 is 1.45. The number of aliphatic carboxylic acids is 2. The molecule has 0 aromatic rings. The van der Waals surface area contributed by atoms with Gasteiger partial charge in [0.1, 0.15) is 0 Å². The first-order valence-corrected chi connectivity index (χ1v) is 16.4. The number of carboxylic acid groups (broad SMARTS) is 2. The van der Waals surface area contributed by atoms with Gasteiger partial charge >= 0.3 is 58.7 Å². The quantitative estimate of drug-likeness (QED) is 0.0995. The van der Waals surface area contributed by atoms with E-state index in [1.807, 2.05) is 0 Å². The first-order chi connectivity index (χ1) is 16.0. The van der Waals surface area contributed by atoms with Crippen LogP contribution in [0.2, 0.25) is 4.44 Å². The second kappa shape index (κ2) is 36.3. The molecule has 0 aliphatic rings. The number of rotatable bonds is 22. The van der Waals surface area contributed by atoms with Crippen LogP contribution in [0.4, 0.5) is 0 Å².